The summed E-state index contributed by atoms with van der Waals surface area (Å²) in [6, 6.07) is 3.34. The first-order valence-electron chi connectivity index (χ1n) is 8.79. The monoisotopic (exact) mass is 292 g/mol. The van der Waals surface area contributed by atoms with E-state index in [-0.39, 0.29) is 5.54 Å². The van der Waals surface area contributed by atoms with E-state index in [2.05, 4.69) is 28.1 Å². The zero-order chi connectivity index (χ0) is 15.1. The maximum Gasteiger partial charge on any atom is 0.106 e. The summed E-state index contributed by atoms with van der Waals surface area (Å²) in [6.07, 6.45) is 8.66. The number of rotatable bonds is 7. The van der Waals surface area contributed by atoms with E-state index < -0.39 is 0 Å². The Bertz CT molecular complexity index is 331. The molecule has 0 aromatic rings. The van der Waals surface area contributed by atoms with Gasteiger partial charge in [-0.15, -0.1) is 0 Å². The van der Waals surface area contributed by atoms with Crippen LogP contribution in [0, 0.1) is 11.3 Å². The molecule has 2 fully saturated rings. The van der Waals surface area contributed by atoms with Crippen molar-refractivity contribution in [3.05, 3.63) is 0 Å². The standard InChI is InChI=1S/C17H32N4/c1-3-17(15-18,19-2)9-6-10-20-11-13-21(14-12-20)16-7-4-5-8-16/h16,19H,3-14H2,1-2H3. The Kier molecular flexibility index (Phi) is 6.47. The third-order valence-corrected chi connectivity index (χ3v) is 5.62. The van der Waals surface area contributed by atoms with E-state index in [0.717, 1.165) is 31.8 Å². The van der Waals surface area contributed by atoms with E-state index in [1.54, 1.807) is 0 Å². The number of hydrogen-bond acceptors (Lipinski definition) is 4. The van der Waals surface area contributed by atoms with Crippen LogP contribution in [-0.4, -0.2) is 61.2 Å². The fourth-order valence-corrected chi connectivity index (χ4v) is 3.90. The van der Waals surface area contributed by atoms with Gasteiger partial charge in [0, 0.05) is 32.2 Å². The lowest BCUT2D eigenvalue weighted by atomic mass is 9.92. The van der Waals surface area contributed by atoms with Crippen molar-refractivity contribution in [1.82, 2.24) is 15.1 Å². The smallest absolute Gasteiger partial charge is 0.106 e. The molecule has 1 saturated heterocycles. The van der Waals surface area contributed by atoms with Gasteiger partial charge in [0.15, 0.2) is 0 Å². The van der Waals surface area contributed by atoms with Gasteiger partial charge in [0.2, 0.25) is 0 Å². The third kappa shape index (κ3) is 4.42. The summed E-state index contributed by atoms with van der Waals surface area (Å²) in [4.78, 5) is 5.29. The molecule has 1 N–H and O–H groups in total. The van der Waals surface area contributed by atoms with E-state index in [9.17, 15) is 5.26 Å². The van der Waals surface area contributed by atoms with Crippen LogP contribution in [0.5, 0.6) is 0 Å². The molecule has 1 unspecified atom stereocenters. The predicted molar refractivity (Wildman–Crippen MR) is 87.2 cm³/mol. The highest BCUT2D eigenvalue weighted by molar-refractivity contribution is 5.05. The number of nitriles is 1. The molecule has 1 aliphatic heterocycles. The third-order valence-electron chi connectivity index (χ3n) is 5.62. The van der Waals surface area contributed by atoms with Crippen molar-refractivity contribution in [2.75, 3.05) is 39.8 Å². The maximum atomic E-state index is 9.34. The molecule has 4 heteroatoms. The Balaban J connectivity index is 1.66. The number of nitrogens with one attached hydrogen (secondary N) is 1. The molecular weight excluding hydrogens is 260 g/mol. The molecule has 1 atom stereocenters. The molecule has 1 aliphatic carbocycles. The Labute approximate surface area is 130 Å². The summed E-state index contributed by atoms with van der Waals surface area (Å²) in [5, 5.41) is 12.5. The topological polar surface area (TPSA) is 42.3 Å². The second kappa shape index (κ2) is 8.12. The average Bonchev–Trinajstić information content (AvgIpc) is 3.07. The summed E-state index contributed by atoms with van der Waals surface area (Å²) >= 11 is 0. The van der Waals surface area contributed by atoms with Crippen molar-refractivity contribution in [3.8, 4) is 6.07 Å². The Morgan fingerprint density at radius 1 is 1.19 bits per heavy atom. The van der Waals surface area contributed by atoms with Gasteiger partial charge in [0.25, 0.3) is 0 Å². The highest BCUT2D eigenvalue weighted by Gasteiger charge is 2.27. The van der Waals surface area contributed by atoms with Crippen LogP contribution >= 0.6 is 0 Å². The minimum Gasteiger partial charge on any atom is -0.302 e. The molecule has 21 heavy (non-hydrogen) atoms. The molecular formula is C17H32N4. The van der Waals surface area contributed by atoms with Gasteiger partial charge in [0.1, 0.15) is 5.54 Å². The second-order valence-electron chi connectivity index (χ2n) is 6.72. The Morgan fingerprint density at radius 3 is 2.38 bits per heavy atom. The Morgan fingerprint density at radius 2 is 1.86 bits per heavy atom. The molecule has 0 radical (unpaired) electrons. The fraction of sp³-hybridized carbons (Fsp3) is 0.941. The minimum atomic E-state index is -0.314. The first-order chi connectivity index (χ1) is 10.2. The van der Waals surface area contributed by atoms with E-state index in [4.69, 9.17) is 0 Å². The molecule has 120 valence electrons. The van der Waals surface area contributed by atoms with Gasteiger partial charge < -0.3 is 10.2 Å². The first kappa shape index (κ1) is 16.7. The zero-order valence-electron chi connectivity index (χ0n) is 13.9. The van der Waals surface area contributed by atoms with Gasteiger partial charge in [-0.3, -0.25) is 4.90 Å². The summed E-state index contributed by atoms with van der Waals surface area (Å²) in [5.41, 5.74) is -0.314. The van der Waals surface area contributed by atoms with Crippen LogP contribution in [0.1, 0.15) is 51.9 Å². The van der Waals surface area contributed by atoms with Crippen LogP contribution in [-0.2, 0) is 0 Å². The lowest BCUT2D eigenvalue weighted by Gasteiger charge is -2.38. The van der Waals surface area contributed by atoms with Crippen LogP contribution in [0.3, 0.4) is 0 Å². The molecule has 0 amide bonds. The predicted octanol–water partition coefficient (Wildman–Crippen LogP) is 2.22. The van der Waals surface area contributed by atoms with Crippen LogP contribution in [0.15, 0.2) is 0 Å². The van der Waals surface area contributed by atoms with E-state index in [1.165, 1.54) is 51.9 Å². The Hall–Kier alpha value is -0.630. The van der Waals surface area contributed by atoms with Crippen LogP contribution in [0.2, 0.25) is 0 Å². The van der Waals surface area contributed by atoms with Crippen molar-refractivity contribution in [2.24, 2.45) is 0 Å². The quantitative estimate of drug-likeness (QED) is 0.781. The number of piperazine rings is 1. The van der Waals surface area contributed by atoms with Crippen molar-refractivity contribution in [3.63, 3.8) is 0 Å². The molecule has 1 heterocycles. The van der Waals surface area contributed by atoms with E-state index >= 15 is 0 Å². The molecule has 0 spiro atoms. The van der Waals surface area contributed by atoms with Crippen molar-refractivity contribution in [2.45, 2.75) is 63.5 Å². The van der Waals surface area contributed by atoms with E-state index in [0.29, 0.717) is 0 Å². The largest absolute Gasteiger partial charge is 0.302 e. The molecule has 2 aliphatic rings. The average molecular weight is 292 g/mol. The van der Waals surface area contributed by atoms with Gasteiger partial charge in [-0.25, -0.2) is 0 Å². The molecule has 2 rings (SSSR count). The van der Waals surface area contributed by atoms with Crippen molar-refractivity contribution in [1.29, 1.82) is 5.26 Å². The van der Waals surface area contributed by atoms with Gasteiger partial charge in [-0.2, -0.15) is 5.26 Å². The highest BCUT2D eigenvalue weighted by atomic mass is 15.3. The molecule has 1 saturated carbocycles. The van der Waals surface area contributed by atoms with Gasteiger partial charge in [0.05, 0.1) is 6.07 Å². The van der Waals surface area contributed by atoms with Gasteiger partial charge in [-0.1, -0.05) is 19.8 Å². The van der Waals surface area contributed by atoms with Gasteiger partial charge >= 0.3 is 0 Å². The summed E-state index contributed by atoms with van der Waals surface area (Å²) in [5.74, 6) is 0. The lowest BCUT2D eigenvalue weighted by Crippen LogP contribution is -2.50. The normalized spacial score (nSPS) is 24.8. The fourth-order valence-electron chi connectivity index (χ4n) is 3.90. The summed E-state index contributed by atoms with van der Waals surface area (Å²) < 4.78 is 0. The molecule has 0 aromatic heterocycles. The first-order valence-corrected chi connectivity index (χ1v) is 8.79. The second-order valence-corrected chi connectivity index (χ2v) is 6.72. The summed E-state index contributed by atoms with van der Waals surface area (Å²) in [7, 11) is 1.91. The van der Waals surface area contributed by atoms with E-state index in [1.807, 2.05) is 7.05 Å². The molecule has 4 nitrogen and oxygen atoms in total. The lowest BCUT2D eigenvalue weighted by molar-refractivity contribution is 0.0956. The number of hydrogen-bond donors (Lipinski definition) is 1. The highest BCUT2D eigenvalue weighted by Crippen LogP contribution is 2.24. The molecule has 0 bridgehead atoms. The van der Waals surface area contributed by atoms with Crippen LogP contribution in [0.4, 0.5) is 0 Å². The maximum absolute atomic E-state index is 9.34. The van der Waals surface area contributed by atoms with Crippen molar-refractivity contribution < 1.29 is 0 Å². The van der Waals surface area contributed by atoms with Crippen molar-refractivity contribution >= 4 is 0 Å². The zero-order valence-corrected chi connectivity index (χ0v) is 13.9. The van der Waals surface area contributed by atoms with Gasteiger partial charge in [-0.05, 0) is 45.7 Å². The minimum absolute atomic E-state index is 0.314. The SMILES string of the molecule is CCC(C#N)(CCCN1CCN(C2CCCC2)CC1)NC. The van der Waals surface area contributed by atoms with Crippen LogP contribution in [0.25, 0.3) is 0 Å². The molecule has 0 aromatic carbocycles. The number of nitrogens with zero attached hydrogens (tertiary/aromatic N) is 3. The van der Waals surface area contributed by atoms with Crippen LogP contribution < -0.4 is 5.32 Å². The summed E-state index contributed by atoms with van der Waals surface area (Å²) in [6.45, 7) is 8.15.